The van der Waals surface area contributed by atoms with Gasteiger partial charge in [0, 0.05) is 12.7 Å². The second kappa shape index (κ2) is 9.00. The molecule has 33 heavy (non-hydrogen) atoms. The molecule has 0 fully saturated rings. The fourth-order valence-electron chi connectivity index (χ4n) is 3.12. The lowest BCUT2D eigenvalue weighted by atomic mass is 10.2. The summed E-state index contributed by atoms with van der Waals surface area (Å²) in [6.45, 7) is 0.448. The molecule has 4 rings (SSSR count). The smallest absolute Gasteiger partial charge is 0.417 e. The Hall–Kier alpha value is -4.39. The Morgan fingerprint density at radius 3 is 2.33 bits per heavy atom. The minimum atomic E-state index is -4.46. The van der Waals surface area contributed by atoms with Crippen LogP contribution >= 0.6 is 0 Å². The van der Waals surface area contributed by atoms with E-state index in [0.717, 1.165) is 23.6 Å². The van der Waals surface area contributed by atoms with Gasteiger partial charge in [0.2, 0.25) is 0 Å². The van der Waals surface area contributed by atoms with Crippen molar-refractivity contribution in [3.63, 3.8) is 0 Å². The van der Waals surface area contributed by atoms with Crippen molar-refractivity contribution in [3.05, 3.63) is 90.1 Å². The molecule has 0 saturated carbocycles. The van der Waals surface area contributed by atoms with E-state index in [9.17, 15) is 13.2 Å². The number of benzene rings is 1. The summed E-state index contributed by atoms with van der Waals surface area (Å²) in [6.07, 6.45) is 1.14. The fourth-order valence-corrected chi connectivity index (χ4v) is 3.12. The average Bonchev–Trinajstić information content (AvgIpc) is 3.32. The molecule has 3 aromatic heterocycles. The van der Waals surface area contributed by atoms with Gasteiger partial charge in [-0.25, -0.2) is 14.6 Å². The Morgan fingerprint density at radius 2 is 1.76 bits per heavy atom. The van der Waals surface area contributed by atoms with Crippen molar-refractivity contribution >= 4 is 11.4 Å². The maximum Gasteiger partial charge on any atom is 0.417 e. The lowest BCUT2D eigenvalue weighted by molar-refractivity contribution is -0.137. The first-order valence-corrected chi connectivity index (χ1v) is 9.72. The van der Waals surface area contributed by atoms with Crippen molar-refractivity contribution in [2.24, 2.45) is 0 Å². The molecule has 0 saturated heterocycles. The molecular formula is C23H17F3N6O. The number of anilines is 2. The molecule has 0 bridgehead atoms. The van der Waals surface area contributed by atoms with Gasteiger partial charge in [0.05, 0.1) is 42.6 Å². The molecule has 0 amide bonds. The minimum absolute atomic E-state index is 0.247. The normalized spacial score (nSPS) is 11.1. The highest BCUT2D eigenvalue weighted by Crippen LogP contribution is 2.30. The second-order valence-corrected chi connectivity index (χ2v) is 6.99. The van der Waals surface area contributed by atoms with Crippen LogP contribution in [-0.2, 0) is 12.7 Å². The standard InChI is InChI=1S/C23H17F3N6O/c1-33-21-7-2-16(3-8-21)14-31(19-6-5-18(10-27)28-12-19)20-13-30-32(15-20)22-9-4-17(11-29-22)23(24,25)26/h2-9,11-13,15H,14H2,1H3. The zero-order valence-corrected chi connectivity index (χ0v) is 17.4. The summed E-state index contributed by atoms with van der Waals surface area (Å²) < 4.78 is 45.1. The molecule has 1 aromatic carbocycles. The fraction of sp³-hybridized carbons (Fsp3) is 0.130. The van der Waals surface area contributed by atoms with Gasteiger partial charge in [0.15, 0.2) is 5.82 Å². The van der Waals surface area contributed by atoms with E-state index in [4.69, 9.17) is 10.00 Å². The predicted molar refractivity (Wildman–Crippen MR) is 114 cm³/mol. The van der Waals surface area contributed by atoms with Crippen molar-refractivity contribution in [1.29, 1.82) is 5.26 Å². The number of hydrogen-bond acceptors (Lipinski definition) is 6. The van der Waals surface area contributed by atoms with Crippen LogP contribution < -0.4 is 9.64 Å². The summed E-state index contributed by atoms with van der Waals surface area (Å²) >= 11 is 0. The largest absolute Gasteiger partial charge is 0.497 e. The van der Waals surface area contributed by atoms with Gasteiger partial charge < -0.3 is 9.64 Å². The van der Waals surface area contributed by atoms with Crippen LogP contribution in [0, 0.1) is 11.3 Å². The third kappa shape index (κ3) is 4.93. The van der Waals surface area contributed by atoms with E-state index in [2.05, 4.69) is 15.1 Å². The molecule has 10 heteroatoms. The van der Waals surface area contributed by atoms with Gasteiger partial charge in [0.25, 0.3) is 0 Å². The van der Waals surface area contributed by atoms with E-state index < -0.39 is 11.7 Å². The quantitative estimate of drug-likeness (QED) is 0.416. The van der Waals surface area contributed by atoms with Gasteiger partial charge >= 0.3 is 6.18 Å². The predicted octanol–water partition coefficient (Wildman–Crippen LogP) is 4.90. The van der Waals surface area contributed by atoms with Gasteiger partial charge in [-0.3, -0.25) is 0 Å². The van der Waals surface area contributed by atoms with E-state index in [1.807, 2.05) is 35.2 Å². The van der Waals surface area contributed by atoms with Crippen LogP contribution in [0.25, 0.3) is 5.82 Å². The lowest BCUT2D eigenvalue weighted by Gasteiger charge is -2.23. The Labute approximate surface area is 187 Å². The van der Waals surface area contributed by atoms with Crippen molar-refractivity contribution in [2.45, 2.75) is 12.7 Å². The maximum atomic E-state index is 12.8. The number of rotatable bonds is 6. The minimum Gasteiger partial charge on any atom is -0.497 e. The first-order valence-electron chi connectivity index (χ1n) is 9.72. The second-order valence-electron chi connectivity index (χ2n) is 6.99. The van der Waals surface area contributed by atoms with Crippen LogP contribution in [0.5, 0.6) is 5.75 Å². The molecule has 0 radical (unpaired) electrons. The van der Waals surface area contributed by atoms with Gasteiger partial charge in [-0.15, -0.1) is 0 Å². The Balaban J connectivity index is 1.66. The first-order chi connectivity index (χ1) is 15.9. The number of hydrogen-bond donors (Lipinski definition) is 0. The summed E-state index contributed by atoms with van der Waals surface area (Å²) in [5.41, 5.74) is 1.81. The Morgan fingerprint density at radius 1 is 0.970 bits per heavy atom. The van der Waals surface area contributed by atoms with Gasteiger partial charge in [0.1, 0.15) is 17.5 Å². The summed E-state index contributed by atoms with van der Waals surface area (Å²) in [7, 11) is 1.59. The molecule has 4 aromatic rings. The highest BCUT2D eigenvalue weighted by atomic mass is 19.4. The number of ether oxygens (including phenoxy) is 1. The monoisotopic (exact) mass is 450 g/mol. The summed E-state index contributed by atoms with van der Waals surface area (Å²) in [4.78, 5) is 9.95. The van der Waals surface area contributed by atoms with Gasteiger partial charge in [-0.2, -0.15) is 23.5 Å². The number of methoxy groups -OCH3 is 1. The van der Waals surface area contributed by atoms with Crippen LogP contribution in [0.4, 0.5) is 24.5 Å². The van der Waals surface area contributed by atoms with E-state index in [-0.39, 0.29) is 11.5 Å². The van der Waals surface area contributed by atoms with Crippen LogP contribution in [0.15, 0.2) is 73.3 Å². The summed E-state index contributed by atoms with van der Waals surface area (Å²) in [5.74, 6) is 0.975. The molecule has 0 aliphatic rings. The zero-order valence-electron chi connectivity index (χ0n) is 17.4. The average molecular weight is 450 g/mol. The van der Waals surface area contributed by atoms with Crippen LogP contribution in [0.2, 0.25) is 0 Å². The molecule has 0 aliphatic heterocycles. The molecule has 0 atom stereocenters. The third-order valence-electron chi connectivity index (χ3n) is 4.86. The Kier molecular flexibility index (Phi) is 5.95. The number of alkyl halides is 3. The number of pyridine rings is 2. The van der Waals surface area contributed by atoms with E-state index >= 15 is 0 Å². The highest BCUT2D eigenvalue weighted by molar-refractivity contribution is 5.62. The summed E-state index contributed by atoms with van der Waals surface area (Å²) in [6, 6.07) is 15.1. The van der Waals surface area contributed by atoms with Crippen LogP contribution in [-0.4, -0.2) is 26.9 Å². The molecular weight excluding hydrogens is 433 g/mol. The highest BCUT2D eigenvalue weighted by Gasteiger charge is 2.30. The van der Waals surface area contributed by atoms with Crippen LogP contribution in [0.1, 0.15) is 16.8 Å². The number of nitrogens with zero attached hydrogens (tertiary/aromatic N) is 6. The zero-order chi connectivity index (χ0) is 23.4. The number of aromatic nitrogens is 4. The third-order valence-corrected chi connectivity index (χ3v) is 4.86. The maximum absolute atomic E-state index is 12.8. The lowest BCUT2D eigenvalue weighted by Crippen LogP contribution is -2.16. The van der Waals surface area contributed by atoms with Crippen molar-refractivity contribution < 1.29 is 17.9 Å². The van der Waals surface area contributed by atoms with Crippen molar-refractivity contribution in [1.82, 2.24) is 19.7 Å². The molecule has 3 heterocycles. The molecule has 7 nitrogen and oxygen atoms in total. The first kappa shape index (κ1) is 21.8. The van der Waals surface area contributed by atoms with Crippen LogP contribution in [0.3, 0.4) is 0 Å². The van der Waals surface area contributed by atoms with E-state index in [1.54, 1.807) is 37.8 Å². The Bertz CT molecular complexity index is 1260. The van der Waals surface area contributed by atoms with Gasteiger partial charge in [-0.1, -0.05) is 12.1 Å². The molecule has 0 spiro atoms. The topological polar surface area (TPSA) is 79.9 Å². The molecule has 0 N–H and O–H groups in total. The van der Waals surface area contributed by atoms with Crippen molar-refractivity contribution in [3.8, 4) is 17.6 Å². The number of halogens is 3. The van der Waals surface area contributed by atoms with E-state index in [0.29, 0.717) is 17.9 Å². The number of nitriles is 1. The van der Waals surface area contributed by atoms with E-state index in [1.165, 1.54) is 10.7 Å². The molecule has 0 unspecified atom stereocenters. The summed E-state index contributed by atoms with van der Waals surface area (Å²) in [5, 5.41) is 13.3. The van der Waals surface area contributed by atoms with Crippen molar-refractivity contribution in [2.75, 3.05) is 12.0 Å². The SMILES string of the molecule is COc1ccc(CN(c2ccc(C#N)nc2)c2cnn(-c3ccc(C(F)(F)F)cn3)c2)cc1. The molecule has 166 valence electrons. The van der Waals surface area contributed by atoms with Gasteiger partial charge in [-0.05, 0) is 42.0 Å². The molecule has 0 aliphatic carbocycles.